The van der Waals surface area contributed by atoms with Gasteiger partial charge in [0.1, 0.15) is 6.29 Å². The minimum Gasteiger partial charge on any atom is -0.358 e. The van der Waals surface area contributed by atoms with Gasteiger partial charge in [0.2, 0.25) is 0 Å². The molecule has 0 aromatic rings. The second-order valence-corrected chi connectivity index (χ2v) is 12.0. The molecule has 1 aliphatic rings. The molecule has 0 bridgehead atoms. The molecular formula is C20H35N2OP. The van der Waals surface area contributed by atoms with Crippen LogP contribution in [0.1, 0.15) is 55.4 Å². The number of aldehydes is 1. The zero-order valence-electron chi connectivity index (χ0n) is 16.7. The molecule has 0 radical (unpaired) electrons. The topological polar surface area (TPSA) is 32.3 Å². The van der Waals surface area contributed by atoms with Crippen LogP contribution in [0.25, 0.3) is 0 Å². The number of hydrogen-bond acceptors (Lipinski definition) is 3. The molecular weight excluding hydrogens is 315 g/mol. The maximum absolute atomic E-state index is 11.4. The Hall–Kier alpha value is -0.920. The fraction of sp³-hybridized carbons (Fsp3) is 0.650. The predicted octanol–water partition coefficient (Wildman–Crippen LogP) is 4.86. The number of dihydropyridines is 1. The highest BCUT2D eigenvalue weighted by Gasteiger charge is 2.33. The van der Waals surface area contributed by atoms with E-state index in [1.807, 2.05) is 12.2 Å². The van der Waals surface area contributed by atoms with Gasteiger partial charge >= 0.3 is 0 Å². The molecule has 0 saturated carbocycles. The number of nitrogens with one attached hydrogen (secondary N) is 1. The molecule has 0 saturated heterocycles. The fourth-order valence-electron chi connectivity index (χ4n) is 3.12. The minimum atomic E-state index is -0.362. The highest BCUT2D eigenvalue weighted by Crippen LogP contribution is 2.60. The lowest BCUT2D eigenvalue weighted by atomic mass is 10.1. The lowest BCUT2D eigenvalue weighted by Gasteiger charge is -2.40. The molecule has 3 nitrogen and oxygen atoms in total. The Morgan fingerprint density at radius 1 is 1.04 bits per heavy atom. The number of likely N-dealkylation sites (N-methyl/N-ethyl adjacent to an activating group) is 1. The first-order valence-electron chi connectivity index (χ1n) is 8.89. The lowest BCUT2D eigenvalue weighted by Crippen LogP contribution is -2.31. The van der Waals surface area contributed by atoms with Crippen molar-refractivity contribution in [2.24, 2.45) is 0 Å². The van der Waals surface area contributed by atoms with E-state index >= 15 is 0 Å². The van der Waals surface area contributed by atoms with Gasteiger partial charge in [0, 0.05) is 23.5 Å². The van der Waals surface area contributed by atoms with E-state index in [4.69, 9.17) is 0 Å². The Bertz CT molecular complexity index is 515. The van der Waals surface area contributed by atoms with Crippen molar-refractivity contribution < 1.29 is 4.79 Å². The van der Waals surface area contributed by atoms with Gasteiger partial charge in [-0.2, -0.15) is 0 Å². The van der Waals surface area contributed by atoms with Crippen LogP contribution in [0.5, 0.6) is 0 Å². The van der Waals surface area contributed by atoms with E-state index < -0.39 is 0 Å². The van der Waals surface area contributed by atoms with E-state index in [9.17, 15) is 4.79 Å². The first-order valence-corrected chi connectivity index (χ1v) is 10.3. The molecule has 0 unspecified atom stereocenters. The Kier molecular flexibility index (Phi) is 7.44. The van der Waals surface area contributed by atoms with Crippen LogP contribution in [-0.4, -0.2) is 41.1 Å². The molecule has 136 valence electrons. The van der Waals surface area contributed by atoms with Gasteiger partial charge < -0.3 is 5.32 Å². The van der Waals surface area contributed by atoms with Crippen LogP contribution in [0, 0.1) is 0 Å². The highest BCUT2D eigenvalue weighted by atomic mass is 31.1. The summed E-state index contributed by atoms with van der Waals surface area (Å²) in [6.07, 6.45) is 4.90. The molecule has 1 N–H and O–H groups in total. The van der Waals surface area contributed by atoms with Crippen molar-refractivity contribution in [2.75, 3.05) is 19.6 Å². The minimum absolute atomic E-state index is 0.220. The van der Waals surface area contributed by atoms with Gasteiger partial charge in [-0.1, -0.05) is 63.3 Å². The van der Waals surface area contributed by atoms with E-state index in [1.165, 1.54) is 0 Å². The van der Waals surface area contributed by atoms with Gasteiger partial charge in [0.15, 0.2) is 0 Å². The summed E-state index contributed by atoms with van der Waals surface area (Å²) in [6.45, 7) is 21.0. The van der Waals surface area contributed by atoms with Gasteiger partial charge in [0.25, 0.3) is 0 Å². The summed E-state index contributed by atoms with van der Waals surface area (Å²) in [7, 11) is -0.362. The van der Waals surface area contributed by atoms with Crippen molar-refractivity contribution in [3.8, 4) is 0 Å². The first kappa shape index (κ1) is 21.1. The van der Waals surface area contributed by atoms with Crippen LogP contribution in [0.2, 0.25) is 0 Å². The van der Waals surface area contributed by atoms with Crippen LogP contribution in [0.15, 0.2) is 34.9 Å². The number of rotatable bonds is 6. The molecule has 1 aliphatic heterocycles. The smallest absolute Gasteiger partial charge is 0.150 e. The summed E-state index contributed by atoms with van der Waals surface area (Å²) in [5.41, 5.74) is 2.92. The molecule has 0 amide bonds. The Morgan fingerprint density at radius 3 is 2.00 bits per heavy atom. The zero-order chi connectivity index (χ0) is 18.5. The van der Waals surface area contributed by atoms with E-state index in [0.717, 1.165) is 42.9 Å². The van der Waals surface area contributed by atoms with Gasteiger partial charge in [-0.3, -0.25) is 9.69 Å². The summed E-state index contributed by atoms with van der Waals surface area (Å²) in [6, 6.07) is 0. The number of hydrogen-bond donors (Lipinski definition) is 1. The van der Waals surface area contributed by atoms with Gasteiger partial charge in [-0.05, 0) is 41.4 Å². The van der Waals surface area contributed by atoms with Crippen LogP contribution in [0.3, 0.4) is 0 Å². The highest BCUT2D eigenvalue weighted by molar-refractivity contribution is 7.64. The summed E-state index contributed by atoms with van der Waals surface area (Å²) < 4.78 is 0. The molecule has 0 fully saturated rings. The van der Waals surface area contributed by atoms with Crippen molar-refractivity contribution in [1.29, 1.82) is 0 Å². The Morgan fingerprint density at radius 2 is 1.58 bits per heavy atom. The summed E-state index contributed by atoms with van der Waals surface area (Å²) in [4.78, 5) is 13.7. The quantitative estimate of drug-likeness (QED) is 0.548. The normalized spacial score (nSPS) is 17.8. The Labute approximate surface area is 150 Å². The average molecular weight is 350 g/mol. The van der Waals surface area contributed by atoms with Gasteiger partial charge in [-0.15, -0.1) is 0 Å². The molecule has 1 rings (SSSR count). The Balaban J connectivity index is 3.13. The third-order valence-electron chi connectivity index (χ3n) is 4.11. The molecule has 0 aromatic heterocycles. The lowest BCUT2D eigenvalue weighted by molar-refractivity contribution is -0.104. The van der Waals surface area contributed by atoms with Crippen LogP contribution in [-0.2, 0) is 4.79 Å². The van der Waals surface area contributed by atoms with Crippen molar-refractivity contribution in [2.45, 2.75) is 65.7 Å². The van der Waals surface area contributed by atoms with Crippen molar-refractivity contribution >= 4 is 14.2 Å². The largest absolute Gasteiger partial charge is 0.358 e. The number of carbonyl (C=O) groups excluding carboxylic acids is 1. The van der Waals surface area contributed by atoms with Gasteiger partial charge in [-0.25, -0.2) is 0 Å². The summed E-state index contributed by atoms with van der Waals surface area (Å²) >= 11 is 0. The zero-order valence-corrected chi connectivity index (χ0v) is 17.6. The molecule has 0 aliphatic carbocycles. The summed E-state index contributed by atoms with van der Waals surface area (Å²) in [5.74, 6) is 2.37. The standard InChI is InChI=1S/C20H35N2OP/c1-9-22(10-2)13-17-11-16(14-23)12-18(21-17)15-24(19(3,4)5)20(6,7)8/h11-12,14-15,21H,9-10,13H2,1-8H3/b18-15+. The van der Waals surface area contributed by atoms with E-state index in [-0.39, 0.29) is 18.2 Å². The van der Waals surface area contributed by atoms with Crippen LogP contribution < -0.4 is 5.32 Å². The SMILES string of the molecule is CCN(CC)CC1=CC(C=O)=C/C(=C\P(C(C)(C)C)C(C)(C)C)N1. The second-order valence-electron chi connectivity index (χ2n) is 8.31. The molecule has 0 spiro atoms. The van der Waals surface area contributed by atoms with Crippen molar-refractivity contribution in [3.05, 3.63) is 34.9 Å². The second kappa shape index (κ2) is 8.45. The maximum atomic E-state index is 11.4. The van der Waals surface area contributed by atoms with Crippen molar-refractivity contribution in [1.82, 2.24) is 10.2 Å². The molecule has 1 heterocycles. The monoisotopic (exact) mass is 350 g/mol. The molecule has 4 heteroatoms. The van der Waals surface area contributed by atoms with Gasteiger partial charge in [0.05, 0.1) is 0 Å². The molecule has 24 heavy (non-hydrogen) atoms. The van der Waals surface area contributed by atoms with E-state index in [2.05, 4.69) is 71.4 Å². The van der Waals surface area contributed by atoms with E-state index in [0.29, 0.717) is 0 Å². The number of allylic oxidation sites excluding steroid dienone is 3. The third-order valence-corrected chi connectivity index (χ3v) is 7.53. The average Bonchev–Trinajstić information content (AvgIpc) is 2.47. The van der Waals surface area contributed by atoms with E-state index in [1.54, 1.807) is 0 Å². The molecule has 0 aromatic carbocycles. The summed E-state index contributed by atoms with van der Waals surface area (Å²) in [5, 5.41) is 3.99. The third kappa shape index (κ3) is 6.18. The van der Waals surface area contributed by atoms with Crippen LogP contribution >= 0.6 is 7.92 Å². The number of nitrogens with zero attached hydrogens (tertiary/aromatic N) is 1. The first-order chi connectivity index (χ1) is 11.0. The predicted molar refractivity (Wildman–Crippen MR) is 108 cm³/mol. The fourth-order valence-corrected chi connectivity index (χ4v) is 6.33. The molecule has 0 atom stereocenters. The number of carbonyl (C=O) groups is 1. The van der Waals surface area contributed by atoms with Crippen molar-refractivity contribution in [3.63, 3.8) is 0 Å². The van der Waals surface area contributed by atoms with Crippen LogP contribution in [0.4, 0.5) is 0 Å². The maximum Gasteiger partial charge on any atom is 0.150 e.